The van der Waals surface area contributed by atoms with Gasteiger partial charge in [-0.3, -0.25) is 10.6 Å². The van der Waals surface area contributed by atoms with Gasteiger partial charge in [0.15, 0.2) is 0 Å². The molecule has 88 valence electrons. The third-order valence-electron chi connectivity index (χ3n) is 2.18. The van der Waals surface area contributed by atoms with E-state index in [2.05, 4.69) is 10.7 Å². The lowest BCUT2D eigenvalue weighted by Gasteiger charge is -2.09. The first kappa shape index (κ1) is 12.8. The molecular weight excluding hydrogens is 226 g/mol. The number of rotatable bonds is 4. The fourth-order valence-corrected chi connectivity index (χ4v) is 1.36. The van der Waals surface area contributed by atoms with Gasteiger partial charge in [-0.05, 0) is 17.7 Å². The molecule has 5 heteroatoms. The molecule has 0 fully saturated rings. The fourth-order valence-electron chi connectivity index (χ4n) is 1.19. The zero-order valence-corrected chi connectivity index (χ0v) is 10.1. The molecule has 1 rings (SSSR count). The minimum Gasteiger partial charge on any atom is -0.352 e. The van der Waals surface area contributed by atoms with E-state index in [-0.39, 0.29) is 11.8 Å². The van der Waals surface area contributed by atoms with Crippen molar-refractivity contribution in [3.05, 3.63) is 28.8 Å². The number of halogens is 1. The summed E-state index contributed by atoms with van der Waals surface area (Å²) < 4.78 is 0. The van der Waals surface area contributed by atoms with Gasteiger partial charge >= 0.3 is 0 Å². The molecule has 1 aromatic rings. The molecule has 16 heavy (non-hydrogen) atoms. The quantitative estimate of drug-likeness (QED) is 0.557. The number of nitrogens with one attached hydrogen (secondary N) is 2. The van der Waals surface area contributed by atoms with Crippen LogP contribution in [0, 0.1) is 5.92 Å². The van der Waals surface area contributed by atoms with E-state index in [0.29, 0.717) is 17.3 Å². The molecule has 0 saturated carbocycles. The van der Waals surface area contributed by atoms with Crippen molar-refractivity contribution < 1.29 is 4.79 Å². The average Bonchev–Trinajstić information content (AvgIpc) is 2.27. The van der Waals surface area contributed by atoms with Crippen LogP contribution in [0.5, 0.6) is 0 Å². The van der Waals surface area contributed by atoms with Crippen molar-refractivity contribution in [2.24, 2.45) is 11.8 Å². The van der Waals surface area contributed by atoms with Crippen molar-refractivity contribution in [1.29, 1.82) is 0 Å². The number of nitrogens with two attached hydrogens (primary N) is 1. The normalized spacial score (nSPS) is 10.3. The Balaban J connectivity index is 2.64. The lowest BCUT2D eigenvalue weighted by Crippen LogP contribution is -2.27. The number of nitrogen functional groups attached to an aromatic ring is 1. The molecule has 4 N–H and O–H groups in total. The first-order chi connectivity index (χ1) is 7.54. The maximum Gasteiger partial charge on any atom is 0.222 e. The van der Waals surface area contributed by atoms with Gasteiger partial charge in [0, 0.05) is 12.5 Å². The van der Waals surface area contributed by atoms with E-state index in [1.54, 1.807) is 6.07 Å². The second-order valence-corrected chi connectivity index (χ2v) is 4.24. The molecule has 0 aliphatic heterocycles. The standard InChI is InChI=1S/C11H16ClN3O/c1-7(2)11(16)14-6-8-3-4-9(12)10(5-8)15-13/h3-5,7,15H,6,13H2,1-2H3,(H,14,16). The maximum atomic E-state index is 11.4. The molecular formula is C11H16ClN3O. The van der Waals surface area contributed by atoms with Gasteiger partial charge in [0.1, 0.15) is 0 Å². The van der Waals surface area contributed by atoms with Gasteiger partial charge in [-0.2, -0.15) is 0 Å². The molecule has 0 heterocycles. The summed E-state index contributed by atoms with van der Waals surface area (Å²) in [5.41, 5.74) is 4.10. The van der Waals surface area contributed by atoms with Gasteiger partial charge in [-0.1, -0.05) is 31.5 Å². The van der Waals surface area contributed by atoms with Crippen molar-refractivity contribution in [3.63, 3.8) is 0 Å². The van der Waals surface area contributed by atoms with Gasteiger partial charge < -0.3 is 10.7 Å². The lowest BCUT2D eigenvalue weighted by atomic mass is 10.1. The van der Waals surface area contributed by atoms with Gasteiger partial charge in [0.05, 0.1) is 10.7 Å². The molecule has 0 radical (unpaired) electrons. The summed E-state index contributed by atoms with van der Waals surface area (Å²) in [5, 5.41) is 3.38. The van der Waals surface area contributed by atoms with E-state index < -0.39 is 0 Å². The average molecular weight is 242 g/mol. The second-order valence-electron chi connectivity index (χ2n) is 3.83. The summed E-state index contributed by atoms with van der Waals surface area (Å²) >= 11 is 5.88. The number of hydrogen-bond acceptors (Lipinski definition) is 3. The zero-order valence-electron chi connectivity index (χ0n) is 9.38. The number of carbonyl (C=O) groups is 1. The number of hydrogen-bond donors (Lipinski definition) is 3. The second kappa shape index (κ2) is 5.72. The summed E-state index contributed by atoms with van der Waals surface area (Å²) in [4.78, 5) is 11.4. The summed E-state index contributed by atoms with van der Waals surface area (Å²) in [6, 6.07) is 5.40. The van der Waals surface area contributed by atoms with Crippen LogP contribution < -0.4 is 16.6 Å². The highest BCUT2D eigenvalue weighted by Crippen LogP contribution is 2.21. The Morgan fingerprint density at radius 1 is 1.50 bits per heavy atom. The van der Waals surface area contributed by atoms with E-state index in [4.69, 9.17) is 17.4 Å². The van der Waals surface area contributed by atoms with Crippen LogP contribution >= 0.6 is 11.6 Å². The van der Waals surface area contributed by atoms with Crippen LogP contribution in [0.2, 0.25) is 5.02 Å². The van der Waals surface area contributed by atoms with Crippen LogP contribution in [0.25, 0.3) is 0 Å². The minimum atomic E-state index is -0.0144. The third-order valence-corrected chi connectivity index (χ3v) is 2.51. The number of hydrazine groups is 1. The van der Waals surface area contributed by atoms with Crippen molar-refractivity contribution in [2.75, 3.05) is 5.43 Å². The molecule has 0 aliphatic rings. The van der Waals surface area contributed by atoms with Crippen LogP contribution in [0.4, 0.5) is 5.69 Å². The Kier molecular flexibility index (Phi) is 4.58. The van der Waals surface area contributed by atoms with Crippen molar-refractivity contribution in [1.82, 2.24) is 5.32 Å². The van der Waals surface area contributed by atoms with E-state index in [1.165, 1.54) is 0 Å². The molecule has 0 saturated heterocycles. The Labute approximate surface area is 100 Å². The Bertz CT molecular complexity index is 379. The summed E-state index contributed by atoms with van der Waals surface area (Å²) in [5.74, 6) is 5.31. The lowest BCUT2D eigenvalue weighted by molar-refractivity contribution is -0.124. The van der Waals surface area contributed by atoms with E-state index in [0.717, 1.165) is 5.56 Å². The highest BCUT2D eigenvalue weighted by molar-refractivity contribution is 6.33. The van der Waals surface area contributed by atoms with Crippen LogP contribution in [0.1, 0.15) is 19.4 Å². The molecule has 4 nitrogen and oxygen atoms in total. The number of carbonyl (C=O) groups excluding carboxylic acids is 1. The molecule has 0 aromatic heterocycles. The molecule has 0 unspecified atom stereocenters. The zero-order chi connectivity index (χ0) is 12.1. The summed E-state index contributed by atoms with van der Waals surface area (Å²) in [7, 11) is 0. The molecule has 0 atom stereocenters. The van der Waals surface area contributed by atoms with Gasteiger partial charge in [0.25, 0.3) is 0 Å². The van der Waals surface area contributed by atoms with Crippen molar-refractivity contribution >= 4 is 23.2 Å². The molecule has 0 bridgehead atoms. The third kappa shape index (κ3) is 3.40. The maximum absolute atomic E-state index is 11.4. The summed E-state index contributed by atoms with van der Waals surface area (Å²) in [6.45, 7) is 4.18. The van der Waals surface area contributed by atoms with Crippen molar-refractivity contribution in [2.45, 2.75) is 20.4 Å². The van der Waals surface area contributed by atoms with Crippen LogP contribution in [-0.2, 0) is 11.3 Å². The number of amides is 1. The first-order valence-corrected chi connectivity index (χ1v) is 5.45. The van der Waals surface area contributed by atoms with E-state index >= 15 is 0 Å². The number of anilines is 1. The van der Waals surface area contributed by atoms with Crippen LogP contribution in [0.15, 0.2) is 18.2 Å². The van der Waals surface area contributed by atoms with Gasteiger partial charge in [0.2, 0.25) is 5.91 Å². The molecule has 0 aliphatic carbocycles. The topological polar surface area (TPSA) is 67.2 Å². The van der Waals surface area contributed by atoms with E-state index in [9.17, 15) is 4.79 Å². The predicted octanol–water partition coefficient (Wildman–Crippen LogP) is 1.90. The van der Waals surface area contributed by atoms with E-state index in [1.807, 2.05) is 26.0 Å². The monoisotopic (exact) mass is 241 g/mol. The molecule has 0 spiro atoms. The highest BCUT2D eigenvalue weighted by Gasteiger charge is 2.06. The largest absolute Gasteiger partial charge is 0.352 e. The Morgan fingerprint density at radius 2 is 2.19 bits per heavy atom. The number of benzene rings is 1. The minimum absolute atomic E-state index is 0.0144. The molecule has 1 amide bonds. The van der Waals surface area contributed by atoms with Crippen LogP contribution in [0.3, 0.4) is 0 Å². The van der Waals surface area contributed by atoms with Gasteiger partial charge in [-0.25, -0.2) is 0 Å². The fraction of sp³-hybridized carbons (Fsp3) is 0.364. The van der Waals surface area contributed by atoms with Gasteiger partial charge in [-0.15, -0.1) is 0 Å². The molecule has 1 aromatic carbocycles. The van der Waals surface area contributed by atoms with Crippen molar-refractivity contribution in [3.8, 4) is 0 Å². The Hall–Kier alpha value is -1.26. The van der Waals surface area contributed by atoms with Crippen LogP contribution in [-0.4, -0.2) is 5.91 Å². The predicted molar refractivity (Wildman–Crippen MR) is 65.9 cm³/mol. The first-order valence-electron chi connectivity index (χ1n) is 5.07. The highest BCUT2D eigenvalue weighted by atomic mass is 35.5. The Morgan fingerprint density at radius 3 is 2.75 bits per heavy atom. The summed E-state index contributed by atoms with van der Waals surface area (Å²) in [6.07, 6.45) is 0. The SMILES string of the molecule is CC(C)C(=O)NCc1ccc(Cl)c(NN)c1. The smallest absolute Gasteiger partial charge is 0.222 e.